The van der Waals surface area contributed by atoms with Crippen molar-refractivity contribution in [1.82, 2.24) is 0 Å². The fraction of sp³-hybridized carbons (Fsp3) is 0.133. The number of hydrogen-bond donors (Lipinski definition) is 1. The maximum atomic E-state index is 13.2. The summed E-state index contributed by atoms with van der Waals surface area (Å²) in [6.45, 7) is 0. The minimum atomic E-state index is -1.19. The van der Waals surface area contributed by atoms with Gasteiger partial charge in [0.2, 0.25) is 0 Å². The topological polar surface area (TPSA) is 37.3 Å². The van der Waals surface area contributed by atoms with Crippen molar-refractivity contribution < 1.29 is 14.3 Å². The van der Waals surface area contributed by atoms with Crippen LogP contribution in [0.4, 0.5) is 4.39 Å². The van der Waals surface area contributed by atoms with E-state index in [2.05, 4.69) is 0 Å². The molecule has 0 aliphatic rings. The molecular formula is C15H12ClFO2. The molecule has 2 aromatic rings. The molecule has 0 aliphatic carbocycles. The van der Waals surface area contributed by atoms with Crippen molar-refractivity contribution in [1.29, 1.82) is 0 Å². The number of ketones is 1. The number of carbonyl (C=O) groups is 1. The number of aliphatic hydroxyl groups excluding tert-OH is 1. The second-order valence-corrected chi connectivity index (χ2v) is 4.61. The summed E-state index contributed by atoms with van der Waals surface area (Å²) in [6, 6.07) is 12.8. The smallest absolute Gasteiger partial charge is 0.170 e. The molecule has 2 aromatic carbocycles. The quantitative estimate of drug-likeness (QED) is 0.931. The minimum Gasteiger partial charge on any atom is -0.381 e. The molecule has 4 heteroatoms. The SMILES string of the molecule is O=C(Cc1ccc(Cl)c(F)c1)C(O)c1ccccc1. The highest BCUT2D eigenvalue weighted by molar-refractivity contribution is 6.30. The first-order valence-corrected chi connectivity index (χ1v) is 6.15. The zero-order valence-corrected chi connectivity index (χ0v) is 10.8. The van der Waals surface area contributed by atoms with Gasteiger partial charge in [0.25, 0.3) is 0 Å². The van der Waals surface area contributed by atoms with Crippen molar-refractivity contribution in [3.8, 4) is 0 Å². The van der Waals surface area contributed by atoms with E-state index < -0.39 is 11.9 Å². The Morgan fingerprint density at radius 1 is 1.21 bits per heavy atom. The first-order chi connectivity index (χ1) is 9.08. The van der Waals surface area contributed by atoms with Crippen LogP contribution >= 0.6 is 11.6 Å². The number of Topliss-reactive ketones (excluding diaryl/α,β-unsaturated/α-hetero) is 1. The van der Waals surface area contributed by atoms with Gasteiger partial charge in [-0.25, -0.2) is 4.39 Å². The molecule has 2 rings (SSSR count). The molecule has 0 spiro atoms. The predicted molar refractivity (Wildman–Crippen MR) is 71.5 cm³/mol. The lowest BCUT2D eigenvalue weighted by Crippen LogP contribution is -2.14. The van der Waals surface area contributed by atoms with Crippen LogP contribution in [0.15, 0.2) is 48.5 Å². The highest BCUT2D eigenvalue weighted by Crippen LogP contribution is 2.19. The minimum absolute atomic E-state index is 0.0137. The van der Waals surface area contributed by atoms with E-state index in [1.807, 2.05) is 0 Å². The van der Waals surface area contributed by atoms with Gasteiger partial charge in [0, 0.05) is 6.42 Å². The lowest BCUT2D eigenvalue weighted by molar-refractivity contribution is -0.126. The Bertz CT molecular complexity index is 584. The summed E-state index contributed by atoms with van der Waals surface area (Å²) in [5.41, 5.74) is 1.02. The van der Waals surface area contributed by atoms with Crippen LogP contribution in [0.5, 0.6) is 0 Å². The van der Waals surface area contributed by atoms with Gasteiger partial charge >= 0.3 is 0 Å². The monoisotopic (exact) mass is 278 g/mol. The van der Waals surface area contributed by atoms with Gasteiger partial charge in [0.1, 0.15) is 11.9 Å². The average molecular weight is 279 g/mol. The standard InChI is InChI=1S/C15H12ClFO2/c16-12-7-6-10(8-13(12)17)9-14(18)15(19)11-4-2-1-3-5-11/h1-8,15,19H,9H2. The first kappa shape index (κ1) is 13.7. The van der Waals surface area contributed by atoms with Crippen molar-refractivity contribution >= 4 is 17.4 Å². The van der Waals surface area contributed by atoms with E-state index in [1.165, 1.54) is 12.1 Å². The Labute approximate surface area is 115 Å². The van der Waals surface area contributed by atoms with Crippen molar-refractivity contribution in [2.75, 3.05) is 0 Å². The van der Waals surface area contributed by atoms with Crippen molar-refractivity contribution in [3.05, 3.63) is 70.5 Å². The molecule has 1 unspecified atom stereocenters. The van der Waals surface area contributed by atoms with Crippen LogP contribution < -0.4 is 0 Å². The lowest BCUT2D eigenvalue weighted by atomic mass is 10.00. The molecule has 0 radical (unpaired) electrons. The Morgan fingerprint density at radius 3 is 2.53 bits per heavy atom. The second kappa shape index (κ2) is 5.95. The predicted octanol–water partition coefficient (Wildman–Crippen LogP) is 3.32. The van der Waals surface area contributed by atoms with Gasteiger partial charge in [-0.1, -0.05) is 48.0 Å². The highest BCUT2D eigenvalue weighted by Gasteiger charge is 2.17. The van der Waals surface area contributed by atoms with Crippen LogP contribution in [0.25, 0.3) is 0 Å². The number of halogens is 2. The molecule has 98 valence electrons. The molecule has 0 fully saturated rings. The van der Waals surface area contributed by atoms with Crippen LogP contribution in [-0.2, 0) is 11.2 Å². The Hall–Kier alpha value is -1.71. The van der Waals surface area contributed by atoms with Crippen LogP contribution in [0.3, 0.4) is 0 Å². The number of aliphatic hydroxyl groups is 1. The van der Waals surface area contributed by atoms with Gasteiger partial charge in [-0.15, -0.1) is 0 Å². The van der Waals surface area contributed by atoms with E-state index >= 15 is 0 Å². The van der Waals surface area contributed by atoms with Gasteiger partial charge in [-0.3, -0.25) is 4.79 Å². The second-order valence-electron chi connectivity index (χ2n) is 4.20. The average Bonchev–Trinajstić information content (AvgIpc) is 2.43. The van der Waals surface area contributed by atoms with E-state index in [1.54, 1.807) is 36.4 Å². The molecule has 1 N–H and O–H groups in total. The van der Waals surface area contributed by atoms with E-state index in [0.29, 0.717) is 11.1 Å². The maximum Gasteiger partial charge on any atom is 0.170 e. The van der Waals surface area contributed by atoms with Gasteiger partial charge in [0.15, 0.2) is 5.78 Å². The number of carbonyl (C=O) groups excluding carboxylic acids is 1. The molecule has 1 atom stereocenters. The molecule has 2 nitrogen and oxygen atoms in total. The van der Waals surface area contributed by atoms with E-state index in [0.717, 1.165) is 0 Å². The summed E-state index contributed by atoms with van der Waals surface area (Å²) in [5, 5.41) is 9.92. The summed E-state index contributed by atoms with van der Waals surface area (Å²) < 4.78 is 13.2. The highest BCUT2D eigenvalue weighted by atomic mass is 35.5. The maximum absolute atomic E-state index is 13.2. The molecule has 0 aromatic heterocycles. The Balaban J connectivity index is 2.10. The van der Waals surface area contributed by atoms with E-state index in [4.69, 9.17) is 11.6 Å². The van der Waals surface area contributed by atoms with Gasteiger partial charge in [0.05, 0.1) is 5.02 Å². The number of benzene rings is 2. The molecule has 0 bridgehead atoms. The molecular weight excluding hydrogens is 267 g/mol. The van der Waals surface area contributed by atoms with E-state index in [9.17, 15) is 14.3 Å². The van der Waals surface area contributed by atoms with Crippen molar-refractivity contribution in [2.24, 2.45) is 0 Å². The van der Waals surface area contributed by atoms with Gasteiger partial charge in [-0.05, 0) is 23.3 Å². The van der Waals surface area contributed by atoms with Crippen molar-refractivity contribution in [3.63, 3.8) is 0 Å². The van der Waals surface area contributed by atoms with Crippen LogP contribution in [0.2, 0.25) is 5.02 Å². The third-order valence-corrected chi connectivity index (χ3v) is 3.09. The van der Waals surface area contributed by atoms with Crippen LogP contribution in [0, 0.1) is 5.82 Å². The molecule has 0 saturated heterocycles. The first-order valence-electron chi connectivity index (χ1n) is 5.77. The summed E-state index contributed by atoms with van der Waals surface area (Å²) >= 11 is 5.57. The third-order valence-electron chi connectivity index (χ3n) is 2.78. The Kier molecular flexibility index (Phi) is 4.30. The molecule has 0 saturated carbocycles. The molecule has 0 heterocycles. The third kappa shape index (κ3) is 3.40. The van der Waals surface area contributed by atoms with Crippen LogP contribution in [0.1, 0.15) is 17.2 Å². The van der Waals surface area contributed by atoms with Gasteiger partial charge in [-0.2, -0.15) is 0 Å². The largest absolute Gasteiger partial charge is 0.381 e. The molecule has 0 aliphatic heterocycles. The summed E-state index contributed by atoms with van der Waals surface area (Å²) in [6.07, 6.45) is -1.23. The number of rotatable bonds is 4. The summed E-state index contributed by atoms with van der Waals surface area (Å²) in [5.74, 6) is -0.950. The van der Waals surface area contributed by atoms with Gasteiger partial charge < -0.3 is 5.11 Å². The summed E-state index contributed by atoms with van der Waals surface area (Å²) in [7, 11) is 0. The van der Waals surface area contributed by atoms with E-state index in [-0.39, 0.29) is 17.2 Å². The molecule has 19 heavy (non-hydrogen) atoms. The zero-order valence-electron chi connectivity index (χ0n) is 10.0. The normalized spacial score (nSPS) is 12.2. The zero-order chi connectivity index (χ0) is 13.8. The van der Waals surface area contributed by atoms with Crippen LogP contribution in [-0.4, -0.2) is 10.9 Å². The fourth-order valence-corrected chi connectivity index (χ4v) is 1.89. The summed E-state index contributed by atoms with van der Waals surface area (Å²) in [4.78, 5) is 11.9. The Morgan fingerprint density at radius 2 is 1.89 bits per heavy atom. The fourth-order valence-electron chi connectivity index (χ4n) is 1.77. The number of hydrogen-bond acceptors (Lipinski definition) is 2. The van der Waals surface area contributed by atoms with Crippen molar-refractivity contribution in [2.45, 2.75) is 12.5 Å². The molecule has 0 amide bonds. The lowest BCUT2D eigenvalue weighted by Gasteiger charge is -2.10.